The topological polar surface area (TPSA) is 74.4 Å². The van der Waals surface area contributed by atoms with Gasteiger partial charge in [0.15, 0.2) is 0 Å². The van der Waals surface area contributed by atoms with Crippen LogP contribution < -0.4 is 0 Å². The van der Waals surface area contributed by atoms with Crippen LogP contribution in [0.3, 0.4) is 0 Å². The third-order valence-corrected chi connectivity index (χ3v) is 10.8. The molecule has 6 heteroatoms. The van der Waals surface area contributed by atoms with Gasteiger partial charge in [0.1, 0.15) is 12.2 Å². The van der Waals surface area contributed by atoms with Crippen LogP contribution in [-0.2, 0) is 28.5 Å². The predicted molar refractivity (Wildman–Crippen MR) is 129 cm³/mol. The summed E-state index contributed by atoms with van der Waals surface area (Å²) in [6.45, 7) is 4.89. The lowest BCUT2D eigenvalue weighted by molar-refractivity contribution is -0.204. The number of hydrogen-bond donors (Lipinski definition) is 0. The van der Waals surface area contributed by atoms with E-state index in [9.17, 15) is 9.59 Å². The minimum Gasteiger partial charge on any atom is -0.462 e. The van der Waals surface area contributed by atoms with E-state index < -0.39 is 0 Å². The second kappa shape index (κ2) is 9.63. The van der Waals surface area contributed by atoms with E-state index in [1.807, 2.05) is 0 Å². The van der Waals surface area contributed by atoms with Gasteiger partial charge < -0.3 is 18.9 Å². The normalized spacial score (nSPS) is 45.0. The number of carbonyl (C=O) groups is 2. The molecule has 7 rings (SSSR count). The summed E-state index contributed by atoms with van der Waals surface area (Å²) in [5, 5.41) is 0. The molecule has 3 heterocycles. The maximum Gasteiger partial charge on any atom is 0.311 e. The van der Waals surface area contributed by atoms with E-state index in [-0.39, 0.29) is 47.5 Å². The smallest absolute Gasteiger partial charge is 0.311 e. The first-order valence-corrected chi connectivity index (χ1v) is 14.6. The van der Waals surface area contributed by atoms with Gasteiger partial charge in [-0.15, -0.1) is 0 Å². The van der Waals surface area contributed by atoms with Gasteiger partial charge in [-0.2, -0.15) is 0 Å². The van der Waals surface area contributed by atoms with Gasteiger partial charge >= 0.3 is 11.9 Å². The molecule has 7 aliphatic rings. The van der Waals surface area contributed by atoms with E-state index in [0.717, 1.165) is 89.9 Å². The van der Waals surface area contributed by atoms with Gasteiger partial charge in [0.25, 0.3) is 0 Å². The van der Waals surface area contributed by atoms with Crippen LogP contribution in [0.4, 0.5) is 0 Å². The van der Waals surface area contributed by atoms with Crippen molar-refractivity contribution in [3.8, 4) is 0 Å². The molecular weight excluding hydrogens is 444 g/mol. The van der Waals surface area contributed by atoms with Gasteiger partial charge in [0.2, 0.25) is 0 Å². The fourth-order valence-electron chi connectivity index (χ4n) is 8.07. The average Bonchev–Trinajstić information content (AvgIpc) is 3.63. The highest BCUT2D eigenvalue weighted by Crippen LogP contribution is 2.49. The monoisotopic (exact) mass is 488 g/mol. The summed E-state index contributed by atoms with van der Waals surface area (Å²) in [5.74, 6) is 1.36. The molecule has 0 aromatic rings. The van der Waals surface area contributed by atoms with Crippen LogP contribution in [0.25, 0.3) is 0 Å². The van der Waals surface area contributed by atoms with Crippen molar-refractivity contribution in [3.63, 3.8) is 0 Å². The van der Waals surface area contributed by atoms with Crippen molar-refractivity contribution in [2.45, 2.75) is 140 Å². The summed E-state index contributed by atoms with van der Waals surface area (Å²) >= 11 is 0. The van der Waals surface area contributed by atoms with Crippen LogP contribution in [0.5, 0.6) is 0 Å². The lowest BCUT2D eigenvalue weighted by atomic mass is 9.60. The second-order valence-corrected chi connectivity index (χ2v) is 13.1. The lowest BCUT2D eigenvalue weighted by Crippen LogP contribution is -2.51. The van der Waals surface area contributed by atoms with Crippen molar-refractivity contribution in [2.75, 3.05) is 0 Å². The Hall–Kier alpha value is -1.14. The highest BCUT2D eigenvalue weighted by atomic mass is 16.6. The molecule has 196 valence electrons. The number of carbonyl (C=O) groups excluding carboxylic acids is 2. The van der Waals surface area contributed by atoms with Gasteiger partial charge in [-0.25, -0.2) is 0 Å². The van der Waals surface area contributed by atoms with Crippen molar-refractivity contribution in [1.82, 2.24) is 0 Å². The molecule has 0 aromatic heterocycles. The lowest BCUT2D eigenvalue weighted by Gasteiger charge is -2.47. The second-order valence-electron chi connectivity index (χ2n) is 13.1. The van der Waals surface area contributed by atoms with Crippen LogP contribution in [0, 0.1) is 29.1 Å². The van der Waals surface area contributed by atoms with Crippen LogP contribution >= 0.6 is 0 Å². The zero-order valence-electron chi connectivity index (χ0n) is 21.6. The molecule has 4 saturated carbocycles. The van der Waals surface area contributed by atoms with E-state index in [1.54, 1.807) is 0 Å². The zero-order valence-corrected chi connectivity index (χ0v) is 21.6. The highest BCUT2D eigenvalue weighted by Gasteiger charge is 2.48. The van der Waals surface area contributed by atoms with E-state index in [2.05, 4.69) is 13.8 Å². The molecule has 0 N–H and O–H groups in total. The summed E-state index contributed by atoms with van der Waals surface area (Å²) in [6.07, 6.45) is 15.8. The first kappa shape index (κ1) is 24.2. The number of ether oxygens (including phenoxy) is 4. The highest BCUT2D eigenvalue weighted by molar-refractivity contribution is 5.74. The van der Waals surface area contributed by atoms with E-state index in [0.29, 0.717) is 30.1 Å². The first-order chi connectivity index (χ1) is 16.9. The van der Waals surface area contributed by atoms with Gasteiger partial charge in [0, 0.05) is 6.42 Å². The molecule has 2 bridgehead atoms. The number of hydrogen-bond acceptors (Lipinski definition) is 6. The third kappa shape index (κ3) is 5.03. The Morgan fingerprint density at radius 1 is 0.629 bits per heavy atom. The molecule has 3 aliphatic heterocycles. The van der Waals surface area contributed by atoms with Crippen molar-refractivity contribution >= 4 is 11.9 Å². The van der Waals surface area contributed by atoms with Crippen LogP contribution in [0.15, 0.2) is 0 Å². The Labute approximate surface area is 210 Å². The molecule has 6 nitrogen and oxygen atoms in total. The van der Waals surface area contributed by atoms with Gasteiger partial charge in [-0.1, -0.05) is 13.8 Å². The number of rotatable bonds is 6. The molecule has 0 radical (unpaired) electrons. The van der Waals surface area contributed by atoms with Crippen LogP contribution in [0.2, 0.25) is 0 Å². The van der Waals surface area contributed by atoms with Gasteiger partial charge in [-0.3, -0.25) is 9.59 Å². The SMILES string of the molecule is CC(C)(C1CCC(OC(=O)C2CCC3OC3C2)CC1)C1CCC(OC(=O)C2CCC3CC2O3)CC1. The fourth-order valence-corrected chi connectivity index (χ4v) is 8.07. The van der Waals surface area contributed by atoms with E-state index >= 15 is 0 Å². The maximum atomic E-state index is 12.7. The first-order valence-electron chi connectivity index (χ1n) is 14.6. The molecule has 6 unspecified atom stereocenters. The Balaban J connectivity index is 0.927. The Bertz CT molecular complexity index is 784. The quantitative estimate of drug-likeness (QED) is 0.371. The Kier molecular flexibility index (Phi) is 6.66. The van der Waals surface area contributed by atoms with Gasteiger partial charge in [-0.05, 0) is 101 Å². The molecule has 0 amide bonds. The Morgan fingerprint density at radius 3 is 1.77 bits per heavy atom. The molecule has 7 fully saturated rings. The number of epoxide rings is 1. The average molecular weight is 489 g/mol. The zero-order chi connectivity index (χ0) is 24.2. The molecule has 0 spiro atoms. The number of esters is 2. The van der Waals surface area contributed by atoms with Crippen LogP contribution in [-0.4, -0.2) is 48.6 Å². The van der Waals surface area contributed by atoms with Crippen molar-refractivity contribution in [3.05, 3.63) is 0 Å². The Morgan fingerprint density at radius 2 is 1.23 bits per heavy atom. The van der Waals surface area contributed by atoms with E-state index in [1.165, 1.54) is 0 Å². The summed E-state index contributed by atoms with van der Waals surface area (Å²) in [6, 6.07) is 0. The molecule has 6 atom stereocenters. The standard InChI is InChI=1S/C29H44O6/c1-29(2,18-4-8-20(9-5-18)33-27(30)17-3-14-24-26(15-17)35-24)19-6-10-21(11-7-19)34-28(31)23-13-12-22-16-25(23)32-22/h17-26H,3-16H2,1-2H3. The minimum absolute atomic E-state index is 0.0126. The number of fused-ring (bicyclic) bond motifs is 3. The summed E-state index contributed by atoms with van der Waals surface area (Å²) in [5.41, 5.74) is 0.268. The molecule has 4 aliphatic carbocycles. The van der Waals surface area contributed by atoms with E-state index in [4.69, 9.17) is 18.9 Å². The van der Waals surface area contributed by atoms with Crippen LogP contribution in [0.1, 0.15) is 104 Å². The summed E-state index contributed by atoms with van der Waals surface area (Å²) < 4.78 is 23.3. The van der Waals surface area contributed by atoms with Crippen molar-refractivity contribution in [2.24, 2.45) is 29.1 Å². The predicted octanol–water partition coefficient (Wildman–Crippen LogP) is 5.35. The fraction of sp³-hybridized carbons (Fsp3) is 0.931. The molecule has 3 saturated heterocycles. The third-order valence-electron chi connectivity index (χ3n) is 10.8. The van der Waals surface area contributed by atoms with Gasteiger partial charge in [0.05, 0.1) is 36.3 Å². The summed E-state index contributed by atoms with van der Waals surface area (Å²) in [4.78, 5) is 25.4. The minimum atomic E-state index is -0.0319. The van der Waals surface area contributed by atoms with Crippen molar-refractivity contribution < 1.29 is 28.5 Å². The summed E-state index contributed by atoms with van der Waals surface area (Å²) in [7, 11) is 0. The molecule has 35 heavy (non-hydrogen) atoms. The maximum absolute atomic E-state index is 12.7. The molecular formula is C29H44O6. The largest absolute Gasteiger partial charge is 0.462 e. The molecule has 0 aromatic carbocycles. The van der Waals surface area contributed by atoms with Crippen molar-refractivity contribution in [1.29, 1.82) is 0 Å².